The first-order chi connectivity index (χ1) is 3.67. The third-order valence-electron chi connectivity index (χ3n) is 0.619. The molecule has 0 fully saturated rings. The normalized spacial score (nSPS) is 17.4. The molecular formula is C4H11Cl3CrN. The van der Waals surface area contributed by atoms with Crippen LogP contribution in [0.15, 0.2) is 0 Å². The van der Waals surface area contributed by atoms with E-state index in [4.69, 9.17) is 34.9 Å². The summed E-state index contributed by atoms with van der Waals surface area (Å²) in [4.78, 5) is 0. The molecule has 0 aliphatic carbocycles. The van der Waals surface area contributed by atoms with Crippen LogP contribution in [0.2, 0.25) is 5.28 Å². The first-order valence-electron chi connectivity index (χ1n) is 2.55. The summed E-state index contributed by atoms with van der Waals surface area (Å²) in [6.45, 7) is 3.97. The zero-order valence-corrected chi connectivity index (χ0v) is 8.95. The van der Waals surface area contributed by atoms with Crippen molar-refractivity contribution in [1.29, 1.82) is 0 Å². The molecule has 2 N–H and O–H groups in total. The Morgan fingerprint density at radius 1 is 1.33 bits per heavy atom. The summed E-state index contributed by atoms with van der Waals surface area (Å²) in [7, 11) is 13.4. The second-order valence-corrected chi connectivity index (χ2v) is 16.6. The summed E-state index contributed by atoms with van der Waals surface area (Å²) in [5.41, 5.74) is 0. The fourth-order valence-electron chi connectivity index (χ4n) is 0.570. The molecule has 0 bridgehead atoms. The predicted octanol–water partition coefficient (Wildman–Crippen LogP) is 3.09. The van der Waals surface area contributed by atoms with Gasteiger partial charge >= 0.3 is 69.4 Å². The van der Waals surface area contributed by atoms with Gasteiger partial charge < -0.3 is 0 Å². The van der Waals surface area contributed by atoms with E-state index < -0.39 is 9.46 Å². The molecule has 0 unspecified atom stereocenters. The van der Waals surface area contributed by atoms with Crippen LogP contribution in [0.1, 0.15) is 13.8 Å². The zero-order valence-electron chi connectivity index (χ0n) is 5.40. The second-order valence-electron chi connectivity index (χ2n) is 2.50. The summed E-state index contributed by atoms with van der Waals surface area (Å²) < 4.78 is 5.44. The molecule has 0 spiro atoms. The minimum atomic E-state index is -3.61. The molecule has 0 aliphatic heterocycles. The topological polar surface area (TPSA) is 26.0 Å². The average molecular weight is 231 g/mol. The van der Waals surface area contributed by atoms with Gasteiger partial charge in [-0.05, 0) is 0 Å². The van der Waals surface area contributed by atoms with Gasteiger partial charge in [0.1, 0.15) is 0 Å². The maximum atomic E-state index is 5.66. The van der Waals surface area contributed by atoms with Crippen molar-refractivity contribution < 1.29 is 9.46 Å². The molecule has 0 aromatic heterocycles. The molecular weight excluding hydrogens is 220 g/mol. The maximum absolute atomic E-state index is 5.66. The SMILES string of the molecule is CC(C)[CH2][Cr]([NH2])([Cl])([Cl])[Cl]. The molecule has 0 atom stereocenters. The second kappa shape index (κ2) is 2.77. The van der Waals surface area contributed by atoms with Crippen molar-refractivity contribution >= 4 is 30.1 Å². The molecule has 5 heteroatoms. The Morgan fingerprint density at radius 3 is 1.67 bits per heavy atom. The number of halogens is 3. The Labute approximate surface area is 69.3 Å². The van der Waals surface area contributed by atoms with Crippen molar-refractivity contribution in [2.24, 2.45) is 10.6 Å². The van der Waals surface area contributed by atoms with E-state index in [-0.39, 0.29) is 0 Å². The van der Waals surface area contributed by atoms with Crippen molar-refractivity contribution in [3.05, 3.63) is 0 Å². The van der Waals surface area contributed by atoms with Crippen LogP contribution in [0.3, 0.4) is 0 Å². The third kappa shape index (κ3) is 9.36. The van der Waals surface area contributed by atoms with Crippen LogP contribution in [-0.2, 0) is 9.46 Å². The van der Waals surface area contributed by atoms with Gasteiger partial charge in [-0.3, -0.25) is 0 Å². The van der Waals surface area contributed by atoms with Crippen LogP contribution in [0.5, 0.6) is 0 Å². The predicted molar refractivity (Wildman–Crippen MR) is 41.4 cm³/mol. The number of nitrogens with two attached hydrogens (primary N) is 1. The monoisotopic (exact) mass is 230 g/mol. The number of hydrogen-bond acceptors (Lipinski definition) is 1. The van der Waals surface area contributed by atoms with E-state index in [9.17, 15) is 0 Å². The van der Waals surface area contributed by atoms with Crippen molar-refractivity contribution in [3.63, 3.8) is 0 Å². The summed E-state index contributed by atoms with van der Waals surface area (Å²) in [5, 5.41) is 0.532. The van der Waals surface area contributed by atoms with E-state index in [0.717, 1.165) is 0 Å². The summed E-state index contributed by atoms with van der Waals surface area (Å²) in [5.74, 6) is 0.363. The molecule has 9 heavy (non-hydrogen) atoms. The molecule has 0 saturated heterocycles. The van der Waals surface area contributed by atoms with Crippen molar-refractivity contribution in [1.82, 2.24) is 0 Å². The zero-order chi connectivity index (χ0) is 7.73. The molecule has 0 amide bonds. The molecule has 0 rings (SSSR count). The standard InChI is InChI=1S/C4H9.3ClH.Cr.H2N/c1-4(2)3;;;;;/h4H,1H2,2-3H3;3*1H;;1H2/q;;;;+4;-1/p-3. The first-order valence-corrected chi connectivity index (χ1v) is 9.45. The van der Waals surface area contributed by atoms with Crippen LogP contribution in [0.4, 0.5) is 0 Å². The van der Waals surface area contributed by atoms with Gasteiger partial charge in [0, 0.05) is 0 Å². The van der Waals surface area contributed by atoms with Gasteiger partial charge in [-0.25, -0.2) is 0 Å². The van der Waals surface area contributed by atoms with E-state index in [1.807, 2.05) is 13.8 Å². The Kier molecular flexibility index (Phi) is 3.19. The minimum absolute atomic E-state index is 0.363. The number of rotatable bonds is 2. The summed E-state index contributed by atoms with van der Waals surface area (Å²) >= 11 is 0. The Balaban J connectivity index is 3.89. The molecule has 0 aromatic rings. The molecule has 0 saturated carbocycles. The molecule has 0 aromatic carbocycles. The van der Waals surface area contributed by atoms with E-state index in [1.54, 1.807) is 0 Å². The Bertz CT molecular complexity index is 96.9. The van der Waals surface area contributed by atoms with Crippen molar-refractivity contribution in [2.45, 2.75) is 19.1 Å². The Hall–Kier alpha value is 1.36. The van der Waals surface area contributed by atoms with Crippen LogP contribution in [-0.4, -0.2) is 0 Å². The third-order valence-corrected chi connectivity index (χ3v) is 4.11. The summed E-state index contributed by atoms with van der Waals surface area (Å²) in [6.07, 6.45) is 0. The van der Waals surface area contributed by atoms with Crippen molar-refractivity contribution in [2.75, 3.05) is 0 Å². The van der Waals surface area contributed by atoms with Gasteiger partial charge in [-0.15, -0.1) is 0 Å². The van der Waals surface area contributed by atoms with Crippen molar-refractivity contribution in [3.8, 4) is 0 Å². The van der Waals surface area contributed by atoms with E-state index in [1.165, 1.54) is 0 Å². The number of hydrogen-bond donors (Lipinski definition) is 1. The average Bonchev–Trinajstić information content (AvgIpc) is 1.16. The molecule has 0 aliphatic rings. The fourth-order valence-corrected chi connectivity index (χ4v) is 5.47. The Morgan fingerprint density at radius 2 is 1.67 bits per heavy atom. The van der Waals surface area contributed by atoms with Crippen LogP contribution in [0, 0.1) is 5.92 Å². The molecule has 0 radical (unpaired) electrons. The van der Waals surface area contributed by atoms with Gasteiger partial charge in [0.2, 0.25) is 0 Å². The van der Waals surface area contributed by atoms with Gasteiger partial charge in [0.15, 0.2) is 0 Å². The van der Waals surface area contributed by atoms with Crippen LogP contribution in [0.25, 0.3) is 0 Å². The van der Waals surface area contributed by atoms with Gasteiger partial charge in [0.25, 0.3) is 0 Å². The molecule has 1 nitrogen and oxygen atoms in total. The van der Waals surface area contributed by atoms with E-state index in [0.29, 0.717) is 11.2 Å². The molecule has 0 heterocycles. The van der Waals surface area contributed by atoms with Gasteiger partial charge in [-0.1, -0.05) is 0 Å². The van der Waals surface area contributed by atoms with Gasteiger partial charge in [0.05, 0.1) is 0 Å². The van der Waals surface area contributed by atoms with Crippen LogP contribution < -0.4 is 4.72 Å². The van der Waals surface area contributed by atoms with Crippen LogP contribution >= 0.6 is 30.1 Å². The quantitative estimate of drug-likeness (QED) is 0.776. The molecule has 59 valence electrons. The first kappa shape index (κ1) is 10.4. The fraction of sp³-hybridized carbons (Fsp3) is 1.00. The van der Waals surface area contributed by atoms with E-state index >= 15 is 0 Å². The van der Waals surface area contributed by atoms with E-state index in [2.05, 4.69) is 0 Å². The van der Waals surface area contributed by atoms with Gasteiger partial charge in [-0.2, -0.15) is 0 Å². The summed E-state index contributed by atoms with van der Waals surface area (Å²) in [6, 6.07) is 0.